The first kappa shape index (κ1) is 32.8. The molecule has 12 heteroatoms. The number of nitrogens with one attached hydrogen (secondary N) is 1. The SMILES string of the molecule is CNC(=O)c1c(-c2ccc(F)cc2)oc2nc(CCC(F)(F)F)c(-c3cccc(C=O)c3)cc12.COC(=O)C1CCC12CN(C)C2. The molecule has 8 nitrogen and oxygen atoms in total. The molecule has 4 aromatic rings. The standard InChI is InChI=1S/C25H18F4N2O3.C9H15NO2/c1-30-23(33)21-19-12-18(16-4-2-3-14(11-16)13-32)20(9-10-25(27,28)29)31-24(19)34-22(21)15-5-7-17(26)8-6-15;1-10-5-9(6-10)4-3-7(9)8(11)12-2/h2-8,11-13H,9-10H2,1H3,(H,30,33);7H,3-6H2,1-2H3. The number of benzene rings is 2. The first-order valence-electron chi connectivity index (χ1n) is 14.7. The Morgan fingerprint density at radius 1 is 1.13 bits per heavy atom. The second-order valence-corrected chi connectivity index (χ2v) is 11.7. The van der Waals surface area contributed by atoms with E-state index in [-0.39, 0.29) is 40.0 Å². The number of alkyl halides is 3. The van der Waals surface area contributed by atoms with Crippen molar-refractivity contribution in [2.24, 2.45) is 11.3 Å². The van der Waals surface area contributed by atoms with Crippen LogP contribution in [-0.2, 0) is 16.0 Å². The Balaban J connectivity index is 0.000000289. The number of methoxy groups -OCH3 is 1. The van der Waals surface area contributed by atoms with E-state index < -0.39 is 30.7 Å². The molecule has 1 saturated carbocycles. The Bertz CT molecular complexity index is 1760. The number of aryl methyl sites for hydroxylation is 1. The maximum Gasteiger partial charge on any atom is 0.389 e. The van der Waals surface area contributed by atoms with Gasteiger partial charge < -0.3 is 19.4 Å². The first-order chi connectivity index (χ1) is 21.9. The van der Waals surface area contributed by atoms with Crippen LogP contribution < -0.4 is 5.32 Å². The maximum absolute atomic E-state index is 13.4. The van der Waals surface area contributed by atoms with Crippen LogP contribution in [0.4, 0.5) is 17.6 Å². The number of aromatic nitrogens is 1. The first-order valence-corrected chi connectivity index (χ1v) is 14.7. The predicted molar refractivity (Wildman–Crippen MR) is 163 cm³/mol. The fourth-order valence-electron chi connectivity index (χ4n) is 6.31. The van der Waals surface area contributed by atoms with Crippen molar-refractivity contribution in [2.45, 2.75) is 31.9 Å². The molecular weight excluding hydrogens is 606 g/mol. The topological polar surface area (TPSA) is 102 Å². The van der Waals surface area contributed by atoms with Crippen LogP contribution >= 0.6 is 0 Å². The van der Waals surface area contributed by atoms with Gasteiger partial charge in [0.2, 0.25) is 5.71 Å². The Labute approximate surface area is 262 Å². The summed E-state index contributed by atoms with van der Waals surface area (Å²) >= 11 is 0. The van der Waals surface area contributed by atoms with Crippen molar-refractivity contribution >= 4 is 29.3 Å². The highest BCUT2D eigenvalue weighted by atomic mass is 19.4. The Morgan fingerprint density at radius 3 is 2.41 bits per heavy atom. The van der Waals surface area contributed by atoms with Gasteiger partial charge in [-0.1, -0.05) is 18.2 Å². The van der Waals surface area contributed by atoms with Gasteiger partial charge in [0.05, 0.1) is 29.7 Å². The van der Waals surface area contributed by atoms with Crippen LogP contribution in [0, 0.1) is 17.2 Å². The zero-order valence-corrected chi connectivity index (χ0v) is 25.5. The monoisotopic (exact) mass is 639 g/mol. The number of hydrogen-bond acceptors (Lipinski definition) is 7. The van der Waals surface area contributed by atoms with E-state index in [1.165, 1.54) is 50.9 Å². The highest BCUT2D eigenvalue weighted by Crippen LogP contribution is 2.52. The smallest absolute Gasteiger partial charge is 0.389 e. The number of rotatable bonds is 7. The number of likely N-dealkylation sites (tertiary alicyclic amines) is 1. The van der Waals surface area contributed by atoms with Crippen molar-refractivity contribution in [3.05, 3.63) is 77.2 Å². The number of hydrogen-bond donors (Lipinski definition) is 1. The molecule has 1 saturated heterocycles. The summed E-state index contributed by atoms with van der Waals surface area (Å²) in [6.07, 6.45) is -3.08. The minimum Gasteiger partial charge on any atom is -0.469 e. The second kappa shape index (κ2) is 13.0. The Kier molecular flexibility index (Phi) is 9.29. The van der Waals surface area contributed by atoms with Crippen LogP contribution in [0.1, 0.15) is 45.7 Å². The summed E-state index contributed by atoms with van der Waals surface area (Å²) < 4.78 is 63.0. The molecule has 2 fully saturated rings. The van der Waals surface area contributed by atoms with Gasteiger partial charge in [0.25, 0.3) is 5.91 Å². The van der Waals surface area contributed by atoms with E-state index in [0.717, 1.165) is 19.5 Å². The highest BCUT2D eigenvalue weighted by Gasteiger charge is 2.56. The van der Waals surface area contributed by atoms with Gasteiger partial charge in [0, 0.05) is 48.7 Å². The molecule has 1 N–H and O–H groups in total. The van der Waals surface area contributed by atoms with E-state index in [9.17, 15) is 31.9 Å². The normalized spacial score (nSPS) is 17.0. The number of pyridine rings is 1. The third-order valence-electron chi connectivity index (χ3n) is 8.63. The molecule has 0 bridgehead atoms. The van der Waals surface area contributed by atoms with Gasteiger partial charge >= 0.3 is 12.1 Å². The third kappa shape index (κ3) is 6.67. The third-order valence-corrected chi connectivity index (χ3v) is 8.63. The zero-order chi connectivity index (χ0) is 33.2. The number of nitrogens with zero attached hydrogens (tertiary/aromatic N) is 2. The van der Waals surface area contributed by atoms with Gasteiger partial charge in [-0.3, -0.25) is 14.4 Å². The molecule has 1 atom stereocenters. The number of furan rings is 1. The summed E-state index contributed by atoms with van der Waals surface area (Å²) in [5.74, 6) is -0.683. The van der Waals surface area contributed by atoms with Crippen molar-refractivity contribution < 1.29 is 41.1 Å². The molecule has 3 heterocycles. The number of halogens is 4. The summed E-state index contributed by atoms with van der Waals surface area (Å²) in [4.78, 5) is 41.9. The van der Waals surface area contributed by atoms with Crippen molar-refractivity contribution in [1.82, 2.24) is 15.2 Å². The maximum atomic E-state index is 13.4. The average Bonchev–Trinajstić information content (AvgIpc) is 3.39. The lowest BCUT2D eigenvalue weighted by molar-refractivity contribution is -0.172. The average molecular weight is 640 g/mol. The number of carbonyl (C=O) groups excluding carboxylic acids is 3. The molecule has 6 rings (SSSR count). The number of esters is 1. The van der Waals surface area contributed by atoms with Gasteiger partial charge in [-0.25, -0.2) is 9.37 Å². The van der Waals surface area contributed by atoms with Gasteiger partial charge in [0.1, 0.15) is 17.9 Å². The lowest BCUT2D eigenvalue weighted by Gasteiger charge is -2.58. The van der Waals surface area contributed by atoms with Gasteiger partial charge in [0.15, 0.2) is 0 Å². The molecule has 0 radical (unpaired) electrons. The van der Waals surface area contributed by atoms with Crippen molar-refractivity contribution in [2.75, 3.05) is 34.3 Å². The van der Waals surface area contributed by atoms with Gasteiger partial charge in [-0.15, -0.1) is 0 Å². The van der Waals surface area contributed by atoms with Crippen LogP contribution in [0.3, 0.4) is 0 Å². The molecule has 2 aliphatic rings. The van der Waals surface area contributed by atoms with Crippen LogP contribution in [0.2, 0.25) is 0 Å². The molecule has 1 aliphatic heterocycles. The number of ether oxygens (including phenoxy) is 1. The Morgan fingerprint density at radius 2 is 1.85 bits per heavy atom. The molecule has 1 aliphatic carbocycles. The quantitative estimate of drug-likeness (QED) is 0.141. The van der Waals surface area contributed by atoms with E-state index in [4.69, 9.17) is 9.15 Å². The molecular formula is C34H33F4N3O5. The summed E-state index contributed by atoms with van der Waals surface area (Å²) in [5.41, 5.74) is 2.07. The van der Waals surface area contributed by atoms with E-state index >= 15 is 0 Å². The lowest BCUT2D eigenvalue weighted by atomic mass is 9.56. The molecule has 1 amide bonds. The lowest BCUT2D eigenvalue weighted by Crippen LogP contribution is -2.64. The fraction of sp³-hybridized carbons (Fsp3) is 0.353. The van der Waals surface area contributed by atoms with Crippen molar-refractivity contribution in [1.29, 1.82) is 0 Å². The summed E-state index contributed by atoms with van der Waals surface area (Å²) in [6, 6.07) is 13.2. The molecule has 46 heavy (non-hydrogen) atoms. The Hall–Kier alpha value is -4.58. The summed E-state index contributed by atoms with van der Waals surface area (Å²) in [6.45, 7) is 2.15. The van der Waals surface area contributed by atoms with E-state index in [1.54, 1.807) is 24.3 Å². The van der Waals surface area contributed by atoms with Crippen molar-refractivity contribution in [3.63, 3.8) is 0 Å². The van der Waals surface area contributed by atoms with E-state index in [2.05, 4.69) is 22.2 Å². The summed E-state index contributed by atoms with van der Waals surface area (Å²) in [5, 5.41) is 2.80. The van der Waals surface area contributed by atoms with Gasteiger partial charge in [-0.2, -0.15) is 13.2 Å². The van der Waals surface area contributed by atoms with Crippen LogP contribution in [0.5, 0.6) is 0 Å². The molecule has 2 aromatic carbocycles. The van der Waals surface area contributed by atoms with Crippen LogP contribution in [-0.4, -0.2) is 68.5 Å². The van der Waals surface area contributed by atoms with Gasteiger partial charge in [-0.05, 0) is 68.3 Å². The summed E-state index contributed by atoms with van der Waals surface area (Å²) in [7, 11) is 5.00. The largest absolute Gasteiger partial charge is 0.469 e. The highest BCUT2D eigenvalue weighted by molar-refractivity contribution is 6.11. The zero-order valence-electron chi connectivity index (χ0n) is 25.5. The molecule has 242 valence electrons. The molecule has 1 spiro atoms. The fourth-order valence-corrected chi connectivity index (χ4v) is 6.31. The second-order valence-electron chi connectivity index (χ2n) is 11.7. The minimum atomic E-state index is -4.41. The van der Waals surface area contributed by atoms with Crippen LogP contribution in [0.25, 0.3) is 33.6 Å². The van der Waals surface area contributed by atoms with Crippen LogP contribution in [0.15, 0.2) is 59.0 Å². The predicted octanol–water partition coefficient (Wildman–Crippen LogP) is 6.47. The number of amides is 1. The number of fused-ring (bicyclic) bond motifs is 1. The molecule has 2 aromatic heterocycles. The molecule has 1 unspecified atom stereocenters. The van der Waals surface area contributed by atoms with E-state index in [0.29, 0.717) is 34.0 Å². The minimum absolute atomic E-state index is 0.00523. The number of carbonyl (C=O) groups is 3. The number of aldehydes is 1. The van der Waals surface area contributed by atoms with Crippen molar-refractivity contribution in [3.8, 4) is 22.5 Å². The van der Waals surface area contributed by atoms with E-state index in [1.807, 2.05) is 0 Å².